The van der Waals surface area contributed by atoms with Crippen molar-refractivity contribution in [2.24, 2.45) is 17.3 Å². The third-order valence-electron chi connectivity index (χ3n) is 4.87. The Kier molecular flexibility index (Phi) is 5.30. The maximum absolute atomic E-state index is 2.39. The zero-order valence-corrected chi connectivity index (χ0v) is 12.1. The Morgan fingerprint density at radius 3 is 2.12 bits per heavy atom. The fourth-order valence-electron chi connectivity index (χ4n) is 3.16. The first-order valence-corrected chi connectivity index (χ1v) is 7.14. The van der Waals surface area contributed by atoms with Crippen LogP contribution in [0.25, 0.3) is 0 Å². The Balaban J connectivity index is 2.45. The molecule has 1 saturated carbocycles. The van der Waals surface area contributed by atoms with Gasteiger partial charge in [-0.3, -0.25) is 0 Å². The molecule has 0 spiro atoms. The molecule has 0 heterocycles. The zero-order chi connectivity index (χ0) is 12.2. The average molecular weight is 225 g/mol. The van der Waals surface area contributed by atoms with E-state index < -0.39 is 0 Å². The Bertz CT molecular complexity index is 188. The highest BCUT2D eigenvalue weighted by Crippen LogP contribution is 2.45. The molecule has 0 saturated heterocycles. The molecule has 0 amide bonds. The van der Waals surface area contributed by atoms with Gasteiger partial charge in [0, 0.05) is 0 Å². The fraction of sp³-hybridized carbons (Fsp3) is 1.00. The van der Waals surface area contributed by atoms with Crippen molar-refractivity contribution in [3.8, 4) is 0 Å². The lowest BCUT2D eigenvalue weighted by Gasteiger charge is -2.41. The van der Waals surface area contributed by atoms with Crippen LogP contribution in [0.3, 0.4) is 0 Å². The smallest absolute Gasteiger partial charge is 0.00195 e. The van der Waals surface area contributed by atoms with Gasteiger partial charge in [-0.15, -0.1) is 0 Å². The van der Waals surface area contributed by atoms with Crippen molar-refractivity contribution in [3.63, 3.8) is 0 Å². The molecule has 0 aromatic carbocycles. The van der Waals surface area contributed by atoms with E-state index in [0.29, 0.717) is 5.41 Å². The Labute approximate surface area is 103 Å². The molecule has 1 aliphatic carbocycles. The summed E-state index contributed by atoms with van der Waals surface area (Å²) >= 11 is 0. The van der Waals surface area contributed by atoms with Gasteiger partial charge in [-0.2, -0.15) is 0 Å². The van der Waals surface area contributed by atoms with E-state index in [0.717, 1.165) is 11.8 Å². The number of nitrogens with zero attached hydrogens (tertiary/aromatic N) is 1. The highest BCUT2D eigenvalue weighted by Gasteiger charge is 2.34. The van der Waals surface area contributed by atoms with Crippen LogP contribution in [0.4, 0.5) is 0 Å². The van der Waals surface area contributed by atoms with E-state index >= 15 is 0 Å². The molecule has 1 fully saturated rings. The number of hydrogen-bond donors (Lipinski definition) is 0. The van der Waals surface area contributed by atoms with Crippen molar-refractivity contribution in [3.05, 3.63) is 0 Å². The molecule has 0 atom stereocenters. The highest BCUT2D eigenvalue weighted by atomic mass is 15.0. The van der Waals surface area contributed by atoms with Crippen molar-refractivity contribution >= 4 is 0 Å². The molecule has 0 N–H and O–H groups in total. The molecule has 1 rings (SSSR count). The minimum atomic E-state index is 0.676. The third-order valence-corrected chi connectivity index (χ3v) is 4.87. The predicted octanol–water partition coefficient (Wildman–Crippen LogP) is 4.18. The van der Waals surface area contributed by atoms with E-state index in [2.05, 4.69) is 39.8 Å². The van der Waals surface area contributed by atoms with Gasteiger partial charge in [0.2, 0.25) is 0 Å². The molecular formula is C15H31N. The molecule has 0 aromatic heterocycles. The molecule has 0 aromatic rings. The van der Waals surface area contributed by atoms with Gasteiger partial charge in [-0.1, -0.05) is 27.2 Å². The summed E-state index contributed by atoms with van der Waals surface area (Å²) in [6.45, 7) is 8.44. The van der Waals surface area contributed by atoms with E-state index in [4.69, 9.17) is 0 Å². The minimum absolute atomic E-state index is 0.676. The molecule has 0 unspecified atom stereocenters. The maximum Gasteiger partial charge on any atom is -0.00195 e. The molecular weight excluding hydrogens is 194 g/mol. The summed E-state index contributed by atoms with van der Waals surface area (Å²) < 4.78 is 0. The first-order chi connectivity index (χ1) is 7.49. The summed E-state index contributed by atoms with van der Waals surface area (Å²) in [5, 5.41) is 0. The quantitative estimate of drug-likeness (QED) is 0.678. The van der Waals surface area contributed by atoms with Crippen LogP contribution in [-0.4, -0.2) is 25.5 Å². The maximum atomic E-state index is 2.39. The van der Waals surface area contributed by atoms with Crippen LogP contribution in [0.1, 0.15) is 59.3 Å². The lowest BCUT2D eigenvalue weighted by Crippen LogP contribution is -2.32. The van der Waals surface area contributed by atoms with Crippen LogP contribution in [0, 0.1) is 17.3 Å². The SMILES string of the molecule is CCC1(CCN(C)C)CCC(C(C)C)CC1. The number of hydrogen-bond acceptors (Lipinski definition) is 1. The van der Waals surface area contributed by atoms with Crippen molar-refractivity contribution in [1.29, 1.82) is 0 Å². The monoisotopic (exact) mass is 225 g/mol. The first-order valence-electron chi connectivity index (χ1n) is 7.14. The van der Waals surface area contributed by atoms with Crippen molar-refractivity contribution in [2.75, 3.05) is 20.6 Å². The van der Waals surface area contributed by atoms with Gasteiger partial charge in [0.05, 0.1) is 0 Å². The van der Waals surface area contributed by atoms with Crippen LogP contribution in [0.5, 0.6) is 0 Å². The second-order valence-electron chi connectivity index (χ2n) is 6.49. The summed E-state index contributed by atoms with van der Waals surface area (Å²) in [6.07, 6.45) is 8.67. The lowest BCUT2D eigenvalue weighted by molar-refractivity contribution is 0.101. The summed E-state index contributed by atoms with van der Waals surface area (Å²) in [4.78, 5) is 2.34. The molecule has 1 nitrogen and oxygen atoms in total. The van der Waals surface area contributed by atoms with E-state index in [1.165, 1.54) is 45.1 Å². The van der Waals surface area contributed by atoms with E-state index in [1.807, 2.05) is 0 Å². The summed E-state index contributed by atoms with van der Waals surface area (Å²) in [5.41, 5.74) is 0.676. The van der Waals surface area contributed by atoms with Crippen molar-refractivity contribution in [2.45, 2.75) is 59.3 Å². The number of rotatable bonds is 5. The Hall–Kier alpha value is -0.0400. The van der Waals surface area contributed by atoms with Crippen LogP contribution < -0.4 is 0 Å². The van der Waals surface area contributed by atoms with Gasteiger partial charge in [-0.05, 0) is 70.0 Å². The topological polar surface area (TPSA) is 3.24 Å². The molecule has 0 aliphatic heterocycles. The van der Waals surface area contributed by atoms with Crippen LogP contribution >= 0.6 is 0 Å². The van der Waals surface area contributed by atoms with Gasteiger partial charge < -0.3 is 4.90 Å². The third kappa shape index (κ3) is 3.76. The largest absolute Gasteiger partial charge is 0.309 e. The normalized spacial score (nSPS) is 31.3. The van der Waals surface area contributed by atoms with Crippen LogP contribution in [-0.2, 0) is 0 Å². The standard InChI is InChI=1S/C15H31N/c1-6-15(11-12-16(4)5)9-7-14(8-10-15)13(2)3/h13-14H,6-12H2,1-5H3. The minimum Gasteiger partial charge on any atom is -0.309 e. The molecule has 0 bridgehead atoms. The second kappa shape index (κ2) is 6.05. The van der Waals surface area contributed by atoms with E-state index in [9.17, 15) is 0 Å². The van der Waals surface area contributed by atoms with Gasteiger partial charge >= 0.3 is 0 Å². The molecule has 0 radical (unpaired) electrons. The van der Waals surface area contributed by atoms with E-state index in [1.54, 1.807) is 0 Å². The van der Waals surface area contributed by atoms with Gasteiger partial charge in [-0.25, -0.2) is 0 Å². The van der Waals surface area contributed by atoms with Gasteiger partial charge in [0.25, 0.3) is 0 Å². The van der Waals surface area contributed by atoms with E-state index in [-0.39, 0.29) is 0 Å². The molecule has 16 heavy (non-hydrogen) atoms. The highest BCUT2D eigenvalue weighted by molar-refractivity contribution is 4.86. The van der Waals surface area contributed by atoms with Crippen molar-refractivity contribution < 1.29 is 0 Å². The average Bonchev–Trinajstić information content (AvgIpc) is 2.27. The molecule has 96 valence electrons. The first kappa shape index (κ1) is 14.0. The second-order valence-corrected chi connectivity index (χ2v) is 6.49. The Morgan fingerprint density at radius 1 is 1.19 bits per heavy atom. The summed E-state index contributed by atoms with van der Waals surface area (Å²) in [5.74, 6) is 1.89. The fourth-order valence-corrected chi connectivity index (χ4v) is 3.16. The molecule has 1 aliphatic rings. The zero-order valence-electron chi connectivity index (χ0n) is 12.1. The predicted molar refractivity (Wildman–Crippen MR) is 72.7 cm³/mol. The van der Waals surface area contributed by atoms with Crippen molar-refractivity contribution in [1.82, 2.24) is 4.90 Å². The van der Waals surface area contributed by atoms with Crippen LogP contribution in [0.2, 0.25) is 0 Å². The summed E-state index contributed by atoms with van der Waals surface area (Å²) in [7, 11) is 4.40. The molecule has 1 heteroatoms. The summed E-state index contributed by atoms with van der Waals surface area (Å²) in [6, 6.07) is 0. The van der Waals surface area contributed by atoms with Gasteiger partial charge in [0.15, 0.2) is 0 Å². The van der Waals surface area contributed by atoms with Gasteiger partial charge in [0.1, 0.15) is 0 Å². The lowest BCUT2D eigenvalue weighted by atomic mass is 9.65. The van der Waals surface area contributed by atoms with Crippen LogP contribution in [0.15, 0.2) is 0 Å². The Morgan fingerprint density at radius 2 is 1.75 bits per heavy atom.